The van der Waals surface area contributed by atoms with Crippen LogP contribution < -0.4 is 4.90 Å². The molecule has 0 saturated carbocycles. The fourth-order valence-electron chi connectivity index (χ4n) is 6.45. The Morgan fingerprint density at radius 1 is 0.511 bits per heavy atom. The highest BCUT2D eigenvalue weighted by atomic mass is 32.1. The normalized spacial score (nSPS) is 11.6. The molecule has 9 aromatic rings. The molecule has 45 heavy (non-hydrogen) atoms. The van der Waals surface area contributed by atoms with Gasteiger partial charge in [0.05, 0.1) is 10.4 Å². The zero-order valence-corrected chi connectivity index (χ0v) is 25.0. The molecule has 4 heteroatoms. The fraction of sp³-hybridized carbons (Fsp3) is 0. The minimum atomic E-state index is 0.796. The van der Waals surface area contributed by atoms with E-state index in [1.807, 2.05) is 29.7 Å². The molecule has 0 atom stereocenters. The summed E-state index contributed by atoms with van der Waals surface area (Å²) >= 11 is 1.84. The zero-order valence-electron chi connectivity index (χ0n) is 24.2. The van der Waals surface area contributed by atoms with Crippen LogP contribution >= 0.6 is 11.3 Å². The highest BCUT2D eigenvalue weighted by Gasteiger charge is 2.20. The smallest absolute Gasteiger partial charge is 0.153 e. The molecular weight excluding hydrogens is 569 g/mol. The molecule has 3 nitrogen and oxygen atoms in total. The zero-order chi connectivity index (χ0) is 29.7. The van der Waals surface area contributed by atoms with Gasteiger partial charge in [-0.1, -0.05) is 97.1 Å². The predicted octanol–water partition coefficient (Wildman–Crippen LogP) is 12.2. The van der Waals surface area contributed by atoms with Crippen LogP contribution in [0.15, 0.2) is 162 Å². The molecule has 0 N–H and O–H groups in total. The SMILES string of the molecule is c1ccc(-c2ccccc2-c2ccc(N(c3ccc4c(c3)oc3cccnc34)c3cccc4c3sc3ccccc34)cc2)cc1. The quantitative estimate of drug-likeness (QED) is 0.198. The van der Waals surface area contributed by atoms with Crippen LogP contribution in [0.25, 0.3) is 64.5 Å². The van der Waals surface area contributed by atoms with Gasteiger partial charge in [0.25, 0.3) is 0 Å². The maximum Gasteiger partial charge on any atom is 0.153 e. The molecule has 0 radical (unpaired) electrons. The summed E-state index contributed by atoms with van der Waals surface area (Å²) < 4.78 is 8.83. The number of aromatic nitrogens is 1. The molecule has 0 bridgehead atoms. The van der Waals surface area contributed by atoms with Crippen molar-refractivity contribution in [3.63, 3.8) is 0 Å². The van der Waals surface area contributed by atoms with Crippen LogP contribution in [-0.4, -0.2) is 4.98 Å². The monoisotopic (exact) mass is 594 g/mol. The Balaban J connectivity index is 1.23. The van der Waals surface area contributed by atoms with Crippen LogP contribution in [-0.2, 0) is 0 Å². The number of rotatable bonds is 5. The van der Waals surface area contributed by atoms with E-state index in [0.29, 0.717) is 0 Å². The van der Waals surface area contributed by atoms with Gasteiger partial charge in [0, 0.05) is 44.5 Å². The lowest BCUT2D eigenvalue weighted by Crippen LogP contribution is -2.10. The van der Waals surface area contributed by atoms with Crippen molar-refractivity contribution in [1.29, 1.82) is 0 Å². The molecule has 9 rings (SSSR count). The summed E-state index contributed by atoms with van der Waals surface area (Å²) in [6.07, 6.45) is 1.82. The van der Waals surface area contributed by atoms with Gasteiger partial charge >= 0.3 is 0 Å². The molecule has 3 aromatic heterocycles. The molecule has 0 aliphatic heterocycles. The molecule has 0 spiro atoms. The van der Waals surface area contributed by atoms with E-state index < -0.39 is 0 Å². The van der Waals surface area contributed by atoms with Crippen molar-refractivity contribution < 1.29 is 4.42 Å². The maximum absolute atomic E-state index is 6.30. The van der Waals surface area contributed by atoms with Crippen molar-refractivity contribution in [2.24, 2.45) is 0 Å². The van der Waals surface area contributed by atoms with Gasteiger partial charge in [-0.2, -0.15) is 0 Å². The average molecular weight is 595 g/mol. The number of pyridine rings is 1. The molecular formula is C41H26N2OS. The van der Waals surface area contributed by atoms with Crippen molar-refractivity contribution in [1.82, 2.24) is 4.98 Å². The Kier molecular flexibility index (Phi) is 6.00. The van der Waals surface area contributed by atoms with Gasteiger partial charge in [0.15, 0.2) is 5.58 Å². The van der Waals surface area contributed by atoms with Crippen molar-refractivity contribution >= 4 is 70.6 Å². The van der Waals surface area contributed by atoms with Crippen LogP contribution in [0.1, 0.15) is 0 Å². The van der Waals surface area contributed by atoms with E-state index in [-0.39, 0.29) is 0 Å². The first kappa shape index (κ1) is 25.8. The first-order valence-electron chi connectivity index (χ1n) is 15.0. The van der Waals surface area contributed by atoms with Crippen LogP contribution in [0.4, 0.5) is 17.1 Å². The Morgan fingerprint density at radius 3 is 2.07 bits per heavy atom. The maximum atomic E-state index is 6.30. The molecule has 6 aromatic carbocycles. The van der Waals surface area contributed by atoms with Crippen molar-refractivity contribution in [3.05, 3.63) is 158 Å². The molecule has 212 valence electrons. The lowest BCUT2D eigenvalue weighted by atomic mass is 9.94. The molecule has 0 aliphatic rings. The van der Waals surface area contributed by atoms with Crippen LogP contribution in [0.3, 0.4) is 0 Å². The lowest BCUT2D eigenvalue weighted by Gasteiger charge is -2.26. The number of benzene rings is 6. The van der Waals surface area contributed by atoms with E-state index in [4.69, 9.17) is 4.42 Å². The summed E-state index contributed by atoms with van der Waals surface area (Å²) in [6, 6.07) is 53.8. The third kappa shape index (κ3) is 4.30. The Labute approximate surface area is 264 Å². The first-order valence-corrected chi connectivity index (χ1v) is 15.9. The predicted molar refractivity (Wildman–Crippen MR) is 190 cm³/mol. The summed E-state index contributed by atoms with van der Waals surface area (Å²) in [5, 5.41) is 3.56. The fourth-order valence-corrected chi connectivity index (χ4v) is 7.66. The van der Waals surface area contributed by atoms with E-state index in [9.17, 15) is 0 Å². The van der Waals surface area contributed by atoms with Gasteiger partial charge in [-0.3, -0.25) is 4.98 Å². The second-order valence-corrected chi connectivity index (χ2v) is 12.2. The number of nitrogens with zero attached hydrogens (tertiary/aromatic N) is 2. The van der Waals surface area contributed by atoms with Gasteiger partial charge in [0.2, 0.25) is 0 Å². The summed E-state index contributed by atoms with van der Waals surface area (Å²) in [7, 11) is 0. The Morgan fingerprint density at radius 2 is 1.22 bits per heavy atom. The van der Waals surface area contributed by atoms with Crippen LogP contribution in [0.5, 0.6) is 0 Å². The minimum absolute atomic E-state index is 0.796. The van der Waals surface area contributed by atoms with Gasteiger partial charge in [-0.05, 0) is 70.8 Å². The first-order chi connectivity index (χ1) is 22.3. The highest BCUT2D eigenvalue weighted by Crippen LogP contribution is 2.46. The molecule has 0 aliphatic carbocycles. The second kappa shape index (κ2) is 10.5. The standard InChI is InChI=1S/C41H26N2OS/c1-2-10-27(11-3-1)31-12-4-5-13-32(31)28-19-21-29(22-20-28)43(30-23-24-35-38(26-30)44-37-17-9-25-42-40(35)37)36-16-8-15-34-33-14-6-7-18-39(33)45-41(34)36/h1-26H. The van der Waals surface area contributed by atoms with Gasteiger partial charge < -0.3 is 9.32 Å². The van der Waals surface area contributed by atoms with Gasteiger partial charge in [-0.25, -0.2) is 0 Å². The van der Waals surface area contributed by atoms with E-state index in [2.05, 4.69) is 149 Å². The van der Waals surface area contributed by atoms with Gasteiger partial charge in [0.1, 0.15) is 11.1 Å². The second-order valence-electron chi connectivity index (χ2n) is 11.2. The van der Waals surface area contributed by atoms with E-state index in [1.165, 1.54) is 42.4 Å². The minimum Gasteiger partial charge on any atom is -0.454 e. The lowest BCUT2D eigenvalue weighted by molar-refractivity contribution is 0.668. The summed E-state index contributed by atoms with van der Waals surface area (Å²) in [6.45, 7) is 0. The summed E-state index contributed by atoms with van der Waals surface area (Å²) in [5.41, 5.74) is 10.6. The number of thiophene rings is 1. The molecule has 3 heterocycles. The summed E-state index contributed by atoms with van der Waals surface area (Å²) in [5.74, 6) is 0. The molecule has 0 fully saturated rings. The molecule has 0 saturated heterocycles. The average Bonchev–Trinajstić information content (AvgIpc) is 3.68. The third-order valence-electron chi connectivity index (χ3n) is 8.54. The Hall–Kier alpha value is -5.71. The van der Waals surface area contributed by atoms with Gasteiger partial charge in [-0.15, -0.1) is 11.3 Å². The number of anilines is 3. The largest absolute Gasteiger partial charge is 0.454 e. The molecule has 0 unspecified atom stereocenters. The summed E-state index contributed by atoms with van der Waals surface area (Å²) in [4.78, 5) is 6.94. The van der Waals surface area contributed by atoms with Crippen molar-refractivity contribution in [2.45, 2.75) is 0 Å². The van der Waals surface area contributed by atoms with E-state index >= 15 is 0 Å². The number of furan rings is 1. The Bertz CT molecular complexity index is 2490. The van der Waals surface area contributed by atoms with Crippen molar-refractivity contribution in [2.75, 3.05) is 4.90 Å². The van der Waals surface area contributed by atoms with Crippen LogP contribution in [0, 0.1) is 0 Å². The van der Waals surface area contributed by atoms with Crippen molar-refractivity contribution in [3.8, 4) is 22.3 Å². The van der Waals surface area contributed by atoms with Crippen LogP contribution in [0.2, 0.25) is 0 Å². The number of hydrogen-bond acceptors (Lipinski definition) is 4. The molecule has 0 amide bonds. The number of hydrogen-bond donors (Lipinski definition) is 0. The number of fused-ring (bicyclic) bond motifs is 6. The topological polar surface area (TPSA) is 29.3 Å². The third-order valence-corrected chi connectivity index (χ3v) is 9.75. The highest BCUT2D eigenvalue weighted by molar-refractivity contribution is 7.26. The van der Waals surface area contributed by atoms with E-state index in [0.717, 1.165) is 39.1 Å². The van der Waals surface area contributed by atoms with E-state index in [1.54, 1.807) is 0 Å².